The summed E-state index contributed by atoms with van der Waals surface area (Å²) >= 11 is 1.46. The van der Waals surface area contributed by atoms with Gasteiger partial charge in [-0.05, 0) is 75.3 Å². The van der Waals surface area contributed by atoms with Crippen molar-refractivity contribution in [1.29, 1.82) is 0 Å². The molecule has 1 atom stereocenters. The summed E-state index contributed by atoms with van der Waals surface area (Å²) in [7, 11) is -4.04. The van der Waals surface area contributed by atoms with Crippen LogP contribution in [0.25, 0.3) is 0 Å². The van der Waals surface area contributed by atoms with Crippen LogP contribution in [0.3, 0.4) is 0 Å². The molecule has 4 N–H and O–H groups in total. The highest BCUT2D eigenvalue weighted by molar-refractivity contribution is 7.51. The van der Waals surface area contributed by atoms with Crippen molar-refractivity contribution in [1.82, 2.24) is 0 Å². The average Bonchev–Trinajstić information content (AvgIpc) is 3.12. The standard InChI is InChI=1S/C21H29FNO4PS/c1-21(23,14-15-28(25,26)27)13-12-18-10-11-20(29-18)19(24)5-3-2-4-16-6-8-17(22)9-7-16/h6-11H,2-5,12-15,23H2,1H3,(H2,25,26,27). The number of halogens is 1. The summed E-state index contributed by atoms with van der Waals surface area (Å²) in [5.74, 6) is -0.119. The third-order valence-corrected chi connectivity index (χ3v) is 6.88. The van der Waals surface area contributed by atoms with Gasteiger partial charge in [0.15, 0.2) is 5.78 Å². The molecular formula is C21H29FNO4PS. The quantitative estimate of drug-likeness (QED) is 0.252. The fourth-order valence-corrected chi connectivity index (χ4v) is 4.76. The molecule has 0 bridgehead atoms. The molecule has 160 valence electrons. The molecule has 0 saturated heterocycles. The maximum absolute atomic E-state index is 12.9. The molecule has 0 aliphatic heterocycles. The minimum Gasteiger partial charge on any atom is -0.325 e. The minimum absolute atomic E-state index is 0.123. The number of nitrogens with two attached hydrogens (primary N) is 1. The Hall–Kier alpha value is -1.37. The Morgan fingerprint density at radius 2 is 1.79 bits per heavy atom. The van der Waals surface area contributed by atoms with Crippen molar-refractivity contribution >= 4 is 24.7 Å². The van der Waals surface area contributed by atoms with E-state index in [1.807, 2.05) is 12.1 Å². The van der Waals surface area contributed by atoms with Gasteiger partial charge in [0.2, 0.25) is 0 Å². The van der Waals surface area contributed by atoms with Crippen molar-refractivity contribution in [2.45, 2.75) is 57.4 Å². The van der Waals surface area contributed by atoms with E-state index in [0.717, 1.165) is 34.6 Å². The molecule has 1 heterocycles. The molecule has 5 nitrogen and oxygen atoms in total. The maximum Gasteiger partial charge on any atom is 0.325 e. The van der Waals surface area contributed by atoms with Gasteiger partial charge in [-0.15, -0.1) is 11.3 Å². The van der Waals surface area contributed by atoms with Gasteiger partial charge in [0.25, 0.3) is 0 Å². The lowest BCUT2D eigenvalue weighted by atomic mass is 9.94. The Morgan fingerprint density at radius 3 is 2.45 bits per heavy atom. The molecule has 0 saturated carbocycles. The van der Waals surface area contributed by atoms with Crippen LogP contribution in [0.1, 0.15) is 59.1 Å². The van der Waals surface area contributed by atoms with E-state index >= 15 is 0 Å². The molecule has 29 heavy (non-hydrogen) atoms. The fourth-order valence-electron chi connectivity index (χ4n) is 2.99. The zero-order valence-corrected chi connectivity index (χ0v) is 18.4. The minimum atomic E-state index is -4.04. The van der Waals surface area contributed by atoms with E-state index in [-0.39, 0.29) is 24.2 Å². The normalized spacial score (nSPS) is 14.0. The van der Waals surface area contributed by atoms with Crippen LogP contribution in [0.4, 0.5) is 4.39 Å². The van der Waals surface area contributed by atoms with Crippen molar-refractivity contribution in [3.05, 3.63) is 57.5 Å². The SMILES string of the molecule is CC(N)(CCc1ccc(C(=O)CCCCc2ccc(F)cc2)s1)CCP(=O)(O)O. The van der Waals surface area contributed by atoms with E-state index in [0.29, 0.717) is 19.3 Å². The van der Waals surface area contributed by atoms with Crippen LogP contribution in [-0.2, 0) is 17.4 Å². The number of thiophene rings is 1. The summed E-state index contributed by atoms with van der Waals surface area (Å²) in [5, 5.41) is 0. The number of carbonyl (C=O) groups excluding carboxylic acids is 1. The van der Waals surface area contributed by atoms with Crippen LogP contribution in [0.2, 0.25) is 0 Å². The van der Waals surface area contributed by atoms with Gasteiger partial charge in [0.1, 0.15) is 5.82 Å². The topological polar surface area (TPSA) is 101 Å². The van der Waals surface area contributed by atoms with Gasteiger partial charge in [-0.2, -0.15) is 0 Å². The molecule has 2 rings (SSSR count). The number of carbonyl (C=O) groups is 1. The summed E-state index contributed by atoms with van der Waals surface area (Å²) in [4.78, 5) is 32.2. The molecule has 0 amide bonds. The second kappa shape index (κ2) is 10.6. The smallest absolute Gasteiger partial charge is 0.325 e. The number of unbranched alkanes of at least 4 members (excludes halogenated alkanes) is 1. The van der Waals surface area contributed by atoms with Crippen molar-refractivity contribution in [2.75, 3.05) is 6.16 Å². The Kier molecular flexibility index (Phi) is 8.73. The van der Waals surface area contributed by atoms with E-state index in [1.165, 1.54) is 23.5 Å². The van der Waals surface area contributed by atoms with Crippen molar-refractivity contribution in [3.8, 4) is 0 Å². The molecule has 1 aromatic carbocycles. The molecule has 0 aliphatic carbocycles. The summed E-state index contributed by atoms with van der Waals surface area (Å²) in [6, 6.07) is 10.2. The van der Waals surface area contributed by atoms with E-state index < -0.39 is 13.1 Å². The van der Waals surface area contributed by atoms with Crippen LogP contribution >= 0.6 is 18.9 Å². The van der Waals surface area contributed by atoms with Crippen molar-refractivity contribution < 1.29 is 23.5 Å². The highest BCUT2D eigenvalue weighted by Gasteiger charge is 2.24. The van der Waals surface area contributed by atoms with Gasteiger partial charge in [0, 0.05) is 16.8 Å². The summed E-state index contributed by atoms with van der Waals surface area (Å²) in [6.07, 6.45) is 4.28. The lowest BCUT2D eigenvalue weighted by molar-refractivity contribution is 0.0983. The fraction of sp³-hybridized carbons (Fsp3) is 0.476. The first-order valence-corrected chi connectivity index (χ1v) is 12.4. The Morgan fingerprint density at radius 1 is 1.10 bits per heavy atom. The Labute approximate surface area is 175 Å². The third kappa shape index (κ3) is 9.32. The van der Waals surface area contributed by atoms with Gasteiger partial charge in [-0.25, -0.2) is 4.39 Å². The zero-order chi connectivity index (χ0) is 21.5. The summed E-state index contributed by atoms with van der Waals surface area (Å²) in [5.41, 5.74) is 6.56. The number of aryl methyl sites for hydroxylation is 2. The lowest BCUT2D eigenvalue weighted by Gasteiger charge is -2.24. The van der Waals surface area contributed by atoms with Crippen LogP contribution in [0, 0.1) is 5.82 Å². The number of Topliss-reactive ketones (excluding diaryl/α,β-unsaturated/α-hetero) is 1. The number of benzene rings is 1. The number of hydrogen-bond acceptors (Lipinski definition) is 4. The third-order valence-electron chi connectivity index (χ3n) is 4.89. The van der Waals surface area contributed by atoms with Gasteiger partial charge in [-0.1, -0.05) is 12.1 Å². The van der Waals surface area contributed by atoms with Crippen molar-refractivity contribution in [3.63, 3.8) is 0 Å². The predicted molar refractivity (Wildman–Crippen MR) is 115 cm³/mol. The van der Waals surface area contributed by atoms with Crippen LogP contribution in [-0.4, -0.2) is 27.3 Å². The molecule has 0 radical (unpaired) electrons. The predicted octanol–water partition coefficient (Wildman–Crippen LogP) is 4.70. The molecule has 0 fully saturated rings. The largest absolute Gasteiger partial charge is 0.325 e. The number of rotatable bonds is 12. The molecular weight excluding hydrogens is 412 g/mol. The first-order valence-electron chi connectivity index (χ1n) is 9.74. The van der Waals surface area contributed by atoms with E-state index in [2.05, 4.69) is 0 Å². The molecule has 1 aromatic heterocycles. The molecule has 0 spiro atoms. The van der Waals surface area contributed by atoms with Crippen LogP contribution < -0.4 is 5.73 Å². The monoisotopic (exact) mass is 441 g/mol. The highest BCUT2D eigenvalue weighted by Crippen LogP contribution is 2.37. The van der Waals surface area contributed by atoms with Gasteiger partial charge < -0.3 is 15.5 Å². The molecule has 1 unspecified atom stereocenters. The van der Waals surface area contributed by atoms with Gasteiger partial charge in [-0.3, -0.25) is 9.36 Å². The average molecular weight is 442 g/mol. The maximum atomic E-state index is 12.9. The summed E-state index contributed by atoms with van der Waals surface area (Å²) < 4.78 is 23.9. The second-order valence-corrected chi connectivity index (χ2v) is 10.8. The first-order chi connectivity index (χ1) is 13.5. The van der Waals surface area contributed by atoms with E-state index in [4.69, 9.17) is 15.5 Å². The van der Waals surface area contributed by atoms with Crippen molar-refractivity contribution in [2.24, 2.45) is 5.73 Å². The highest BCUT2D eigenvalue weighted by atomic mass is 32.1. The Bertz CT molecular complexity index is 845. The second-order valence-electron chi connectivity index (χ2n) is 7.82. The number of ketones is 1. The van der Waals surface area contributed by atoms with E-state index in [9.17, 15) is 13.8 Å². The van der Waals surface area contributed by atoms with Crippen LogP contribution in [0.15, 0.2) is 36.4 Å². The molecule has 0 aliphatic rings. The molecule has 8 heteroatoms. The summed E-state index contributed by atoms with van der Waals surface area (Å²) in [6.45, 7) is 1.80. The Balaban J connectivity index is 1.73. The van der Waals surface area contributed by atoms with Gasteiger partial charge >= 0.3 is 7.60 Å². The van der Waals surface area contributed by atoms with E-state index in [1.54, 1.807) is 19.1 Å². The van der Waals surface area contributed by atoms with Crippen LogP contribution in [0.5, 0.6) is 0 Å². The zero-order valence-electron chi connectivity index (χ0n) is 16.6. The lowest BCUT2D eigenvalue weighted by Crippen LogP contribution is -2.37. The van der Waals surface area contributed by atoms with Gasteiger partial charge in [0.05, 0.1) is 11.0 Å². The first kappa shape index (κ1) is 23.9. The number of hydrogen-bond donors (Lipinski definition) is 3. The molecule has 2 aromatic rings.